The molecular formula is C10H28O2Si3. The molecule has 0 aromatic heterocycles. The second-order valence-electron chi connectivity index (χ2n) is 6.47. The van der Waals surface area contributed by atoms with Gasteiger partial charge in [0.05, 0.1) is 0 Å². The monoisotopic (exact) mass is 264 g/mol. The first-order chi connectivity index (χ1) is 6.36. The third-order valence-corrected chi connectivity index (χ3v) is 13.7. The molecule has 0 spiro atoms. The largest absolute Gasteiger partial charge is 0.437 e. The Bertz CT molecular complexity index is 207. The summed E-state index contributed by atoms with van der Waals surface area (Å²) in [5.74, 6) is 0. The maximum absolute atomic E-state index is 6.35. The van der Waals surface area contributed by atoms with E-state index in [0.717, 1.165) is 0 Å². The fraction of sp³-hybridized carbons (Fsp3) is 1.00. The third-order valence-electron chi connectivity index (χ3n) is 2.45. The predicted molar refractivity (Wildman–Crippen MR) is 75.6 cm³/mol. The maximum atomic E-state index is 6.35. The quantitative estimate of drug-likeness (QED) is 0.694. The van der Waals surface area contributed by atoms with Crippen LogP contribution in [0.25, 0.3) is 0 Å². The fourth-order valence-corrected chi connectivity index (χ4v) is 14.0. The molecule has 92 valence electrons. The highest BCUT2D eigenvalue weighted by Crippen LogP contribution is 2.27. The van der Waals surface area contributed by atoms with E-state index < -0.39 is 25.2 Å². The molecule has 0 radical (unpaired) electrons. The molecule has 0 unspecified atom stereocenters. The van der Waals surface area contributed by atoms with Gasteiger partial charge in [-0.2, -0.15) is 0 Å². The Balaban J connectivity index is 4.51. The lowest BCUT2D eigenvalue weighted by atomic mass is 10.6. The van der Waals surface area contributed by atoms with Crippen molar-refractivity contribution in [3.63, 3.8) is 0 Å². The Kier molecular flexibility index (Phi) is 5.01. The van der Waals surface area contributed by atoms with Gasteiger partial charge >= 0.3 is 8.56 Å². The van der Waals surface area contributed by atoms with Crippen molar-refractivity contribution in [1.29, 1.82) is 0 Å². The zero-order valence-corrected chi connectivity index (χ0v) is 14.9. The Hall–Kier alpha value is 0.571. The summed E-state index contributed by atoms with van der Waals surface area (Å²) in [6, 6.07) is 0. The highest BCUT2D eigenvalue weighted by Gasteiger charge is 2.39. The highest BCUT2D eigenvalue weighted by atomic mass is 28.5. The van der Waals surface area contributed by atoms with Crippen molar-refractivity contribution in [3.05, 3.63) is 0 Å². The first-order valence-corrected chi connectivity index (χ1v) is 15.0. The molecule has 0 bridgehead atoms. The Morgan fingerprint density at radius 1 is 0.733 bits per heavy atom. The summed E-state index contributed by atoms with van der Waals surface area (Å²) in [7, 11) is -4.94. The molecule has 0 N–H and O–H groups in total. The van der Waals surface area contributed by atoms with Crippen molar-refractivity contribution >= 4 is 25.2 Å². The van der Waals surface area contributed by atoms with E-state index in [4.69, 9.17) is 8.23 Å². The Morgan fingerprint density at radius 2 is 1.13 bits per heavy atom. The predicted octanol–water partition coefficient (Wildman–Crippen LogP) is 4.17. The summed E-state index contributed by atoms with van der Waals surface area (Å²) < 4.78 is 12.6. The molecule has 0 saturated carbocycles. The molecule has 0 atom stereocenters. The van der Waals surface area contributed by atoms with Gasteiger partial charge in [-0.05, 0) is 51.4 Å². The summed E-state index contributed by atoms with van der Waals surface area (Å²) >= 11 is 0. The smallest absolute Gasteiger partial charge is 0.311 e. The van der Waals surface area contributed by atoms with Gasteiger partial charge in [0.2, 0.25) is 0 Å². The van der Waals surface area contributed by atoms with Crippen molar-refractivity contribution in [2.24, 2.45) is 0 Å². The highest BCUT2D eigenvalue weighted by molar-refractivity contribution is 6.87. The summed E-state index contributed by atoms with van der Waals surface area (Å²) in [4.78, 5) is 0. The number of rotatable bonds is 5. The fourth-order valence-electron chi connectivity index (χ4n) is 1.51. The molecule has 2 nitrogen and oxygen atoms in total. The molecule has 0 saturated heterocycles. The lowest BCUT2D eigenvalue weighted by Crippen LogP contribution is -2.52. The summed E-state index contributed by atoms with van der Waals surface area (Å²) in [6.07, 6.45) is 0. The van der Waals surface area contributed by atoms with E-state index in [1.165, 1.54) is 0 Å². The average molecular weight is 265 g/mol. The maximum Gasteiger partial charge on any atom is 0.311 e. The second-order valence-corrected chi connectivity index (χ2v) is 19.5. The Morgan fingerprint density at radius 3 is 1.40 bits per heavy atom. The minimum atomic E-state index is -1.91. The SMILES string of the molecule is CC(C)[Si](C)(C)O[Si](C)(C)O[Si](C)(C)C. The van der Waals surface area contributed by atoms with Crippen LogP contribution < -0.4 is 0 Å². The molecule has 0 aromatic rings. The van der Waals surface area contributed by atoms with Gasteiger partial charge in [-0.1, -0.05) is 13.8 Å². The third kappa shape index (κ3) is 6.68. The van der Waals surface area contributed by atoms with Gasteiger partial charge < -0.3 is 8.23 Å². The average Bonchev–Trinajstić information content (AvgIpc) is 1.75. The molecule has 0 amide bonds. The van der Waals surface area contributed by atoms with E-state index in [1.807, 2.05) is 0 Å². The first kappa shape index (κ1) is 15.6. The number of hydrogen-bond donors (Lipinski definition) is 0. The molecule has 15 heavy (non-hydrogen) atoms. The molecule has 0 aliphatic carbocycles. The van der Waals surface area contributed by atoms with Gasteiger partial charge in [-0.3, -0.25) is 0 Å². The minimum Gasteiger partial charge on any atom is -0.437 e. The summed E-state index contributed by atoms with van der Waals surface area (Å²) in [5, 5.41) is 0. The summed E-state index contributed by atoms with van der Waals surface area (Å²) in [6.45, 7) is 20.2. The molecule has 0 fully saturated rings. The lowest BCUT2D eigenvalue weighted by molar-refractivity contribution is 0.387. The van der Waals surface area contributed by atoms with Crippen LogP contribution in [-0.4, -0.2) is 25.2 Å². The van der Waals surface area contributed by atoms with Crippen molar-refractivity contribution in [3.8, 4) is 0 Å². The van der Waals surface area contributed by atoms with Crippen molar-refractivity contribution in [2.75, 3.05) is 0 Å². The lowest BCUT2D eigenvalue weighted by Gasteiger charge is -2.39. The van der Waals surface area contributed by atoms with Crippen LogP contribution in [0.1, 0.15) is 13.8 Å². The van der Waals surface area contributed by atoms with Crippen LogP contribution in [0.4, 0.5) is 0 Å². The van der Waals surface area contributed by atoms with Crippen molar-refractivity contribution in [2.45, 2.75) is 65.2 Å². The van der Waals surface area contributed by atoms with Crippen LogP contribution in [0, 0.1) is 0 Å². The van der Waals surface area contributed by atoms with Crippen LogP contribution in [0.3, 0.4) is 0 Å². The van der Waals surface area contributed by atoms with E-state index in [-0.39, 0.29) is 0 Å². The molecule has 0 heterocycles. The Labute approximate surface area is 98.9 Å². The summed E-state index contributed by atoms with van der Waals surface area (Å²) in [5.41, 5.74) is 0.648. The van der Waals surface area contributed by atoms with Crippen LogP contribution >= 0.6 is 0 Å². The van der Waals surface area contributed by atoms with E-state index in [2.05, 4.69) is 59.7 Å². The van der Waals surface area contributed by atoms with Gasteiger partial charge in [0.25, 0.3) is 0 Å². The van der Waals surface area contributed by atoms with Crippen molar-refractivity contribution < 1.29 is 8.23 Å². The molecule has 0 aromatic carbocycles. The van der Waals surface area contributed by atoms with Crippen LogP contribution in [0.2, 0.25) is 51.4 Å². The van der Waals surface area contributed by atoms with Crippen molar-refractivity contribution in [1.82, 2.24) is 0 Å². The molecule has 5 heteroatoms. The van der Waals surface area contributed by atoms with E-state index >= 15 is 0 Å². The van der Waals surface area contributed by atoms with Gasteiger partial charge in [0, 0.05) is 0 Å². The normalized spacial score (nSPS) is 14.8. The molecular weight excluding hydrogens is 236 g/mol. The number of hydrogen-bond acceptors (Lipinski definition) is 2. The molecule has 0 aliphatic heterocycles. The standard InChI is InChI=1S/C10H28O2Si3/c1-10(2)14(6,7)12-15(8,9)11-13(3,4)5/h10H,1-9H3. The van der Waals surface area contributed by atoms with E-state index in [0.29, 0.717) is 5.54 Å². The van der Waals surface area contributed by atoms with Gasteiger partial charge in [0.1, 0.15) is 0 Å². The first-order valence-electron chi connectivity index (χ1n) is 5.76. The van der Waals surface area contributed by atoms with E-state index in [9.17, 15) is 0 Å². The zero-order chi connectivity index (χ0) is 12.5. The van der Waals surface area contributed by atoms with Gasteiger partial charge in [-0.15, -0.1) is 0 Å². The van der Waals surface area contributed by atoms with E-state index in [1.54, 1.807) is 0 Å². The minimum absolute atomic E-state index is 0.648. The zero-order valence-electron chi connectivity index (χ0n) is 11.9. The topological polar surface area (TPSA) is 18.5 Å². The second kappa shape index (κ2) is 4.83. The van der Waals surface area contributed by atoms with Crippen LogP contribution in [0.15, 0.2) is 0 Å². The van der Waals surface area contributed by atoms with Crippen LogP contribution in [-0.2, 0) is 8.23 Å². The van der Waals surface area contributed by atoms with Gasteiger partial charge in [-0.25, -0.2) is 0 Å². The molecule has 0 rings (SSSR count). The van der Waals surface area contributed by atoms with Crippen LogP contribution in [0.5, 0.6) is 0 Å². The van der Waals surface area contributed by atoms with Gasteiger partial charge in [0.15, 0.2) is 16.6 Å². The molecule has 0 aliphatic rings.